The molecule has 3 saturated heterocycles. The highest BCUT2D eigenvalue weighted by molar-refractivity contribution is 6.18. The van der Waals surface area contributed by atoms with Gasteiger partial charge in [0, 0.05) is 26.5 Å². The van der Waals surface area contributed by atoms with Crippen LogP contribution in [0.25, 0.3) is 0 Å². The van der Waals surface area contributed by atoms with Gasteiger partial charge in [0.25, 0.3) is 0 Å². The second-order valence-electron chi connectivity index (χ2n) is 18.9. The molecule has 2 saturated carbocycles. The van der Waals surface area contributed by atoms with E-state index in [9.17, 15) is 32.8 Å². The van der Waals surface area contributed by atoms with Gasteiger partial charge in [-0.1, -0.05) is 42.5 Å². The van der Waals surface area contributed by atoms with Crippen molar-refractivity contribution in [1.29, 1.82) is 0 Å². The van der Waals surface area contributed by atoms with Crippen molar-refractivity contribution in [2.75, 3.05) is 35.7 Å². The molecule has 0 aromatic heterocycles. The molecule has 3 heterocycles. The van der Waals surface area contributed by atoms with E-state index in [0.29, 0.717) is 22.5 Å². The number of fused-ring (bicyclic) bond motifs is 2. The highest BCUT2D eigenvalue weighted by atomic mass is 35.5. The lowest BCUT2D eigenvalue weighted by Crippen LogP contribution is -2.34. The zero-order valence-electron chi connectivity index (χ0n) is 40.7. The lowest BCUT2D eigenvalue weighted by Gasteiger charge is -2.30. The number of hydrogen-bond acceptors (Lipinski definition) is 12. The van der Waals surface area contributed by atoms with Gasteiger partial charge in [0.1, 0.15) is 30.4 Å². The van der Waals surface area contributed by atoms with Gasteiger partial charge in [0.05, 0.1) is 55.6 Å². The van der Waals surface area contributed by atoms with Gasteiger partial charge in [0.15, 0.2) is 11.6 Å². The maximum atomic E-state index is 15.0. The van der Waals surface area contributed by atoms with Gasteiger partial charge in [-0.25, -0.2) is 18.4 Å². The largest absolute Gasteiger partial charge is 0.459 e. The Morgan fingerprint density at radius 3 is 1.84 bits per heavy atom. The molecule has 2 aliphatic carbocycles. The van der Waals surface area contributed by atoms with Crippen LogP contribution >= 0.6 is 11.6 Å². The molecule has 382 valence electrons. The first-order chi connectivity index (χ1) is 33.2. The summed E-state index contributed by atoms with van der Waals surface area (Å²) in [6.07, 6.45) is 2.92. The van der Waals surface area contributed by atoms with Crippen molar-refractivity contribution in [3.63, 3.8) is 0 Å². The molecule has 5 aliphatic rings. The van der Waals surface area contributed by atoms with Gasteiger partial charge in [-0.05, 0) is 119 Å². The number of ether oxygens (including phenoxy) is 7. The van der Waals surface area contributed by atoms with Crippen molar-refractivity contribution in [1.82, 2.24) is 10.6 Å². The van der Waals surface area contributed by atoms with E-state index >= 15 is 0 Å². The first-order valence-electron chi connectivity index (χ1n) is 23.7. The number of esters is 1. The maximum Gasteiger partial charge on any atom is 0.414 e. The third-order valence-corrected chi connectivity index (χ3v) is 12.7. The van der Waals surface area contributed by atoms with Crippen LogP contribution in [-0.2, 0) is 54.1 Å². The topological polar surface area (TPSA) is 189 Å². The zero-order chi connectivity index (χ0) is 50.8. The van der Waals surface area contributed by atoms with Crippen molar-refractivity contribution in [2.24, 2.45) is 0 Å². The normalized spacial score (nSPS) is 25.3. The molecule has 8 rings (SSSR count). The number of benzene rings is 3. The molecule has 4 unspecified atom stereocenters. The molecule has 0 bridgehead atoms. The van der Waals surface area contributed by atoms with E-state index in [-0.39, 0.29) is 91.8 Å². The summed E-state index contributed by atoms with van der Waals surface area (Å²) >= 11 is 5.47. The second kappa shape index (κ2) is 24.1. The Kier molecular flexibility index (Phi) is 18.6. The van der Waals surface area contributed by atoms with Gasteiger partial charge < -0.3 is 43.8 Å². The standard InChI is InChI=1S/C23H26FNO4.C21H27FN2O5.C7H12ClNO3/c1-23(2)28-20-11-8-16(12-21(20)29-23)18-10-9-17(13-19(18)24)25-22(26)27-14-15-6-4-3-5-7-15;1-12(25)23-10-15-11-24(20(26)27-15)14-5-6-16(17(22)9-14)13-4-7-18-19(8-13)29-21(2,3)28-18;1-5(10)9-4-7(3-8)12-6(2)11/h3-7,9-10,13,16,20-21H,8,11-12,14H2,1-2H3,(H,25,26);5-6,9,13,15,18-19H,4,7-8,10-11H2,1-3H3,(H,23,25);7H,3-4H2,1-2H3,(H,9,10)/t16?,20?,21-;13?,15-,18?,19-;7-/m001/s1. The van der Waals surface area contributed by atoms with Crippen LogP contribution in [0.3, 0.4) is 0 Å². The Balaban J connectivity index is 0.000000188. The maximum absolute atomic E-state index is 15.0. The van der Waals surface area contributed by atoms with Gasteiger partial charge in [-0.15, -0.1) is 11.6 Å². The van der Waals surface area contributed by atoms with Crippen LogP contribution in [0.4, 0.5) is 29.7 Å². The van der Waals surface area contributed by atoms with E-state index in [2.05, 4.69) is 16.0 Å². The number of hydrogen-bond donors (Lipinski definition) is 3. The highest BCUT2D eigenvalue weighted by Gasteiger charge is 2.46. The molecule has 19 heteroatoms. The summed E-state index contributed by atoms with van der Waals surface area (Å²) in [7, 11) is 0. The summed E-state index contributed by atoms with van der Waals surface area (Å²) in [4.78, 5) is 57.5. The summed E-state index contributed by atoms with van der Waals surface area (Å²) in [6, 6.07) is 19.1. The predicted octanol–water partition coefficient (Wildman–Crippen LogP) is 8.73. The molecule has 3 aromatic rings. The minimum absolute atomic E-state index is 0.00563. The minimum Gasteiger partial charge on any atom is -0.459 e. The Morgan fingerprint density at radius 2 is 1.31 bits per heavy atom. The van der Waals surface area contributed by atoms with Crippen LogP contribution in [0, 0.1) is 11.6 Å². The molecule has 0 spiro atoms. The van der Waals surface area contributed by atoms with Crippen LogP contribution in [-0.4, -0.2) is 104 Å². The van der Waals surface area contributed by atoms with Crippen molar-refractivity contribution in [3.05, 3.63) is 95.1 Å². The monoisotopic (exact) mass is 998 g/mol. The number of carbonyl (C=O) groups is 5. The van der Waals surface area contributed by atoms with Gasteiger partial charge in [-0.3, -0.25) is 24.6 Å². The molecular weight excluding hydrogens is 934 g/mol. The molecule has 16 nitrogen and oxygen atoms in total. The van der Waals surface area contributed by atoms with Crippen LogP contribution in [0.5, 0.6) is 0 Å². The number of amides is 4. The van der Waals surface area contributed by atoms with Crippen LogP contribution in [0.2, 0.25) is 0 Å². The molecule has 8 atom stereocenters. The quantitative estimate of drug-likeness (QED) is 0.0891. The van der Waals surface area contributed by atoms with Crippen molar-refractivity contribution < 1.29 is 65.9 Å². The lowest BCUT2D eigenvalue weighted by molar-refractivity contribution is -0.146. The molecule has 3 aliphatic heterocycles. The highest BCUT2D eigenvalue weighted by Crippen LogP contribution is 2.45. The van der Waals surface area contributed by atoms with Gasteiger partial charge >= 0.3 is 18.2 Å². The third-order valence-electron chi connectivity index (χ3n) is 12.4. The molecule has 4 amide bonds. The number of alkyl halides is 1. The summed E-state index contributed by atoms with van der Waals surface area (Å²) in [5, 5.41) is 7.71. The van der Waals surface area contributed by atoms with Crippen LogP contribution in [0.15, 0.2) is 66.7 Å². The number of rotatable bonds is 12. The minimum atomic E-state index is -0.611. The fourth-order valence-corrected chi connectivity index (χ4v) is 9.52. The zero-order valence-corrected chi connectivity index (χ0v) is 41.5. The number of carbonyl (C=O) groups excluding carboxylic acids is 5. The summed E-state index contributed by atoms with van der Waals surface area (Å²) < 4.78 is 68.7. The number of halogens is 3. The van der Waals surface area contributed by atoms with Crippen LogP contribution < -0.4 is 20.9 Å². The number of anilines is 2. The van der Waals surface area contributed by atoms with Gasteiger partial charge in [-0.2, -0.15) is 0 Å². The van der Waals surface area contributed by atoms with Gasteiger partial charge in [0.2, 0.25) is 11.8 Å². The second-order valence-corrected chi connectivity index (χ2v) is 19.3. The average molecular weight is 1000 g/mol. The van der Waals surface area contributed by atoms with E-state index in [1.54, 1.807) is 24.3 Å². The molecule has 3 aromatic carbocycles. The predicted molar refractivity (Wildman–Crippen MR) is 255 cm³/mol. The van der Waals surface area contributed by atoms with E-state index in [4.69, 9.17) is 44.8 Å². The number of nitrogens with zero attached hydrogens (tertiary/aromatic N) is 1. The fraction of sp³-hybridized carbons (Fsp3) is 0.549. The molecule has 5 fully saturated rings. The molecular formula is C51H65ClF2N4O12. The molecule has 3 N–H and O–H groups in total. The van der Waals surface area contributed by atoms with Crippen molar-refractivity contribution in [3.8, 4) is 0 Å². The Labute approximate surface area is 412 Å². The smallest absolute Gasteiger partial charge is 0.414 e. The summed E-state index contributed by atoms with van der Waals surface area (Å²) in [5.41, 5.74) is 3.01. The number of cyclic esters (lactones) is 1. The van der Waals surface area contributed by atoms with Crippen LogP contribution in [0.1, 0.15) is 116 Å². The lowest BCUT2D eigenvalue weighted by atomic mass is 9.81. The molecule has 0 radical (unpaired) electrons. The van der Waals surface area contributed by atoms with Crippen molar-refractivity contribution >= 4 is 52.9 Å². The first-order valence-corrected chi connectivity index (χ1v) is 24.2. The van der Waals surface area contributed by atoms with E-state index in [1.165, 1.54) is 37.8 Å². The molecule has 70 heavy (non-hydrogen) atoms. The Morgan fingerprint density at radius 1 is 0.757 bits per heavy atom. The third kappa shape index (κ3) is 15.5. The summed E-state index contributed by atoms with van der Waals surface area (Å²) in [6.45, 7) is 12.7. The Bertz CT molecular complexity index is 2310. The summed E-state index contributed by atoms with van der Waals surface area (Å²) in [5.74, 6) is -2.26. The average Bonchev–Trinajstić information content (AvgIpc) is 3.95. The van der Waals surface area contributed by atoms with Crippen molar-refractivity contribution in [2.45, 2.75) is 154 Å². The SMILES string of the molecule is CC(=O)NC[C@@H](CCl)OC(C)=O.CC(=O)NC[C@H]1CN(c2ccc(C3CCC4OC(C)(C)O[C@H]4C3)c(F)c2)C(=O)O1.CC1(C)OC2CCC(c3ccc(NC(=O)OCc4ccccc4)cc3F)C[C@@H]2O1. The Hall–Kier alpha value is -5.40. The fourth-order valence-electron chi connectivity index (χ4n) is 9.34. The van der Waals surface area contributed by atoms with E-state index in [0.717, 1.165) is 44.1 Å². The van der Waals surface area contributed by atoms with E-state index < -0.39 is 41.9 Å². The van der Waals surface area contributed by atoms with E-state index in [1.807, 2.05) is 58.0 Å². The number of nitrogens with one attached hydrogen (secondary N) is 3. The first kappa shape index (κ1) is 53.9.